The van der Waals surface area contributed by atoms with Crippen LogP contribution in [0.2, 0.25) is 0 Å². The molecule has 1 heteroatoms. The first kappa shape index (κ1) is 9.76. The molecule has 70 valence electrons. The zero-order chi connectivity index (χ0) is 9.14. The number of allylic oxidation sites excluding steroid dienone is 1. The summed E-state index contributed by atoms with van der Waals surface area (Å²) in [6.45, 7) is 8.06. The normalized spacial score (nSPS) is 35.8. The maximum Gasteiger partial charge on any atom is 0.0928 e. The monoisotopic (exact) mass is 170 g/mol. The number of rotatable bonds is 3. The fourth-order valence-electron chi connectivity index (χ4n) is 2.21. The molecule has 0 amide bonds. The molecule has 0 aromatic carbocycles. The first-order valence-corrected chi connectivity index (χ1v) is 4.87. The van der Waals surface area contributed by atoms with Gasteiger partial charge in [0.25, 0.3) is 0 Å². The first-order chi connectivity index (χ1) is 5.69. The van der Waals surface area contributed by atoms with Crippen molar-refractivity contribution in [2.45, 2.75) is 26.7 Å². The largest absolute Gasteiger partial charge is 0.251 e. The lowest BCUT2D eigenvalue weighted by atomic mass is 9.93. The molecular formula is C11H19F. The highest BCUT2D eigenvalue weighted by Crippen LogP contribution is 2.40. The van der Waals surface area contributed by atoms with Gasteiger partial charge >= 0.3 is 0 Å². The van der Waals surface area contributed by atoms with Crippen molar-refractivity contribution in [3.63, 3.8) is 0 Å². The van der Waals surface area contributed by atoms with Crippen LogP contribution in [0.4, 0.5) is 4.39 Å². The zero-order valence-electron chi connectivity index (χ0n) is 8.09. The lowest BCUT2D eigenvalue weighted by Crippen LogP contribution is -2.06. The SMILES string of the molecule is C=CC1CC(C(C)C)CC1CF. The molecule has 0 bridgehead atoms. The fraction of sp³-hybridized carbons (Fsp3) is 0.818. The standard InChI is InChI=1S/C11H19F/c1-4-9-5-10(8(2)3)6-11(9)7-12/h4,8-11H,1,5-7H2,2-3H3. The molecule has 3 unspecified atom stereocenters. The van der Waals surface area contributed by atoms with E-state index in [0.29, 0.717) is 17.8 Å². The Balaban J connectivity index is 2.52. The van der Waals surface area contributed by atoms with E-state index in [4.69, 9.17) is 0 Å². The molecule has 3 atom stereocenters. The minimum atomic E-state index is -0.167. The van der Waals surface area contributed by atoms with Crippen molar-refractivity contribution in [3.05, 3.63) is 12.7 Å². The number of alkyl halides is 1. The van der Waals surface area contributed by atoms with Gasteiger partial charge in [-0.1, -0.05) is 19.9 Å². The highest BCUT2D eigenvalue weighted by Gasteiger charge is 2.33. The summed E-state index contributed by atoms with van der Waals surface area (Å²) in [5.41, 5.74) is 0. The molecule has 1 fully saturated rings. The van der Waals surface area contributed by atoms with Crippen molar-refractivity contribution in [3.8, 4) is 0 Å². The van der Waals surface area contributed by atoms with Gasteiger partial charge in [-0.3, -0.25) is 4.39 Å². The van der Waals surface area contributed by atoms with Gasteiger partial charge in [-0.25, -0.2) is 0 Å². The van der Waals surface area contributed by atoms with Crippen LogP contribution >= 0.6 is 0 Å². The van der Waals surface area contributed by atoms with Crippen LogP contribution in [-0.4, -0.2) is 6.67 Å². The molecule has 0 aromatic rings. The fourth-order valence-corrected chi connectivity index (χ4v) is 2.21. The Labute approximate surface area is 74.9 Å². The maximum absolute atomic E-state index is 12.5. The van der Waals surface area contributed by atoms with Crippen molar-refractivity contribution in [1.82, 2.24) is 0 Å². The molecular weight excluding hydrogens is 151 g/mol. The Morgan fingerprint density at radius 2 is 2.17 bits per heavy atom. The van der Waals surface area contributed by atoms with Gasteiger partial charge in [0.1, 0.15) is 0 Å². The quantitative estimate of drug-likeness (QED) is 0.569. The molecule has 0 saturated heterocycles. The molecule has 0 radical (unpaired) electrons. The van der Waals surface area contributed by atoms with E-state index in [1.807, 2.05) is 6.08 Å². The van der Waals surface area contributed by atoms with E-state index in [1.54, 1.807) is 0 Å². The number of hydrogen-bond donors (Lipinski definition) is 0. The molecule has 1 rings (SSSR count). The van der Waals surface area contributed by atoms with E-state index in [2.05, 4.69) is 20.4 Å². The maximum atomic E-state index is 12.5. The van der Waals surface area contributed by atoms with Gasteiger partial charge in [0.05, 0.1) is 6.67 Å². The van der Waals surface area contributed by atoms with Gasteiger partial charge in [0.15, 0.2) is 0 Å². The van der Waals surface area contributed by atoms with Crippen molar-refractivity contribution in [1.29, 1.82) is 0 Å². The van der Waals surface area contributed by atoms with Crippen molar-refractivity contribution in [2.75, 3.05) is 6.67 Å². The average molecular weight is 170 g/mol. The van der Waals surface area contributed by atoms with Crippen LogP contribution in [0.5, 0.6) is 0 Å². The van der Waals surface area contributed by atoms with Crippen LogP contribution in [0.15, 0.2) is 12.7 Å². The van der Waals surface area contributed by atoms with E-state index in [9.17, 15) is 4.39 Å². The van der Waals surface area contributed by atoms with Crippen LogP contribution in [0.3, 0.4) is 0 Å². The van der Waals surface area contributed by atoms with Crippen LogP contribution < -0.4 is 0 Å². The third-order valence-corrected chi connectivity index (χ3v) is 3.23. The molecule has 0 N–H and O–H groups in total. The summed E-state index contributed by atoms with van der Waals surface area (Å²) < 4.78 is 12.5. The van der Waals surface area contributed by atoms with Gasteiger partial charge in [0.2, 0.25) is 0 Å². The van der Waals surface area contributed by atoms with Crippen LogP contribution in [0, 0.1) is 23.7 Å². The first-order valence-electron chi connectivity index (χ1n) is 4.87. The molecule has 0 nitrogen and oxygen atoms in total. The molecule has 1 saturated carbocycles. The average Bonchev–Trinajstić information content (AvgIpc) is 2.46. The van der Waals surface area contributed by atoms with Gasteiger partial charge < -0.3 is 0 Å². The summed E-state index contributed by atoms with van der Waals surface area (Å²) in [5, 5.41) is 0. The van der Waals surface area contributed by atoms with Gasteiger partial charge in [0, 0.05) is 0 Å². The predicted octanol–water partition coefficient (Wildman–Crippen LogP) is 3.44. The van der Waals surface area contributed by atoms with Gasteiger partial charge in [-0.15, -0.1) is 6.58 Å². The molecule has 0 heterocycles. The molecule has 0 aromatic heterocycles. The van der Waals surface area contributed by atoms with E-state index >= 15 is 0 Å². The van der Waals surface area contributed by atoms with Crippen LogP contribution in [0.1, 0.15) is 26.7 Å². The van der Waals surface area contributed by atoms with E-state index < -0.39 is 0 Å². The van der Waals surface area contributed by atoms with Crippen LogP contribution in [0.25, 0.3) is 0 Å². The summed E-state index contributed by atoms with van der Waals surface area (Å²) in [5.74, 6) is 2.11. The predicted molar refractivity (Wildman–Crippen MR) is 50.7 cm³/mol. The zero-order valence-corrected chi connectivity index (χ0v) is 8.09. The Morgan fingerprint density at radius 3 is 2.50 bits per heavy atom. The van der Waals surface area contributed by atoms with E-state index in [1.165, 1.54) is 0 Å². The van der Waals surface area contributed by atoms with Crippen molar-refractivity contribution in [2.24, 2.45) is 23.7 Å². The summed E-state index contributed by atoms with van der Waals surface area (Å²) in [6.07, 6.45) is 4.15. The second kappa shape index (κ2) is 4.06. The molecule has 12 heavy (non-hydrogen) atoms. The summed E-state index contributed by atoms with van der Waals surface area (Å²) in [4.78, 5) is 0. The minimum Gasteiger partial charge on any atom is -0.251 e. The highest BCUT2D eigenvalue weighted by atomic mass is 19.1. The molecule has 0 spiro atoms. The second-order valence-corrected chi connectivity index (χ2v) is 4.29. The smallest absolute Gasteiger partial charge is 0.0928 e. The molecule has 1 aliphatic carbocycles. The lowest BCUT2D eigenvalue weighted by Gasteiger charge is -2.12. The lowest BCUT2D eigenvalue weighted by molar-refractivity contribution is 0.316. The Morgan fingerprint density at radius 1 is 1.50 bits per heavy atom. The van der Waals surface area contributed by atoms with Gasteiger partial charge in [-0.2, -0.15) is 0 Å². The third-order valence-electron chi connectivity index (χ3n) is 3.23. The Hall–Kier alpha value is -0.330. The summed E-state index contributed by atoms with van der Waals surface area (Å²) >= 11 is 0. The van der Waals surface area contributed by atoms with E-state index in [-0.39, 0.29) is 12.6 Å². The van der Waals surface area contributed by atoms with E-state index in [0.717, 1.165) is 12.8 Å². The number of hydrogen-bond acceptors (Lipinski definition) is 0. The topological polar surface area (TPSA) is 0 Å². The van der Waals surface area contributed by atoms with Crippen molar-refractivity contribution >= 4 is 0 Å². The van der Waals surface area contributed by atoms with Gasteiger partial charge in [-0.05, 0) is 36.5 Å². The van der Waals surface area contributed by atoms with Crippen LogP contribution in [-0.2, 0) is 0 Å². The minimum absolute atomic E-state index is 0.167. The highest BCUT2D eigenvalue weighted by molar-refractivity contribution is 4.93. The Bertz CT molecular complexity index is 151. The third kappa shape index (κ3) is 1.88. The molecule has 0 aliphatic heterocycles. The molecule has 1 aliphatic rings. The van der Waals surface area contributed by atoms with Crippen molar-refractivity contribution < 1.29 is 4.39 Å². The summed E-state index contributed by atoms with van der Waals surface area (Å²) in [7, 11) is 0. The number of halogens is 1. The summed E-state index contributed by atoms with van der Waals surface area (Å²) in [6, 6.07) is 0. The second-order valence-electron chi connectivity index (χ2n) is 4.29. The Kier molecular flexibility index (Phi) is 3.30.